The molecule has 6 heteroatoms. The highest BCUT2D eigenvalue weighted by Crippen LogP contribution is 2.39. The van der Waals surface area contributed by atoms with Gasteiger partial charge in [0, 0.05) is 31.5 Å². The Morgan fingerprint density at radius 2 is 2.00 bits per heavy atom. The molecule has 6 nitrogen and oxygen atoms in total. The van der Waals surface area contributed by atoms with E-state index in [0.717, 1.165) is 36.3 Å². The number of amides is 2. The van der Waals surface area contributed by atoms with E-state index in [0.29, 0.717) is 24.7 Å². The Hall–Kier alpha value is -2.73. The van der Waals surface area contributed by atoms with Crippen molar-refractivity contribution in [3.8, 4) is 0 Å². The zero-order valence-electron chi connectivity index (χ0n) is 17.3. The van der Waals surface area contributed by atoms with Crippen LogP contribution in [0, 0.1) is 18.3 Å². The van der Waals surface area contributed by atoms with Gasteiger partial charge in [-0.05, 0) is 68.9 Å². The molecule has 1 saturated carbocycles. The summed E-state index contributed by atoms with van der Waals surface area (Å²) in [6, 6.07) is 9.95. The maximum absolute atomic E-state index is 13.2. The predicted octanol–water partition coefficient (Wildman–Crippen LogP) is 3.40. The standard InChI is InChI=1S/C23H28N4O2/c1-15-18(5-4-10-25-15)13-24-12-17-8-9-19-20(11-17)27(14-16-6-7-16)22(29)23(2,3)21(28)26-19/h4-5,8-11,16,24H,6-7,12-14H2,1-3H3,(H,26,28). The van der Waals surface area contributed by atoms with Gasteiger partial charge in [0.25, 0.3) is 0 Å². The molecule has 29 heavy (non-hydrogen) atoms. The highest BCUT2D eigenvalue weighted by molar-refractivity contribution is 6.19. The van der Waals surface area contributed by atoms with Crippen LogP contribution in [0.15, 0.2) is 36.5 Å². The minimum atomic E-state index is -1.08. The summed E-state index contributed by atoms with van der Waals surface area (Å²) in [5.41, 5.74) is 3.70. The molecule has 1 aromatic heterocycles. The van der Waals surface area contributed by atoms with E-state index in [9.17, 15) is 9.59 Å². The number of carbonyl (C=O) groups is 2. The smallest absolute Gasteiger partial charge is 0.242 e. The highest BCUT2D eigenvalue weighted by Gasteiger charge is 2.44. The SMILES string of the molecule is Cc1ncccc1CNCc1ccc2c(c1)N(CC1CC1)C(=O)C(C)(C)C(=O)N2. The van der Waals surface area contributed by atoms with Gasteiger partial charge in [-0.15, -0.1) is 0 Å². The van der Waals surface area contributed by atoms with Gasteiger partial charge in [0.2, 0.25) is 11.8 Å². The molecule has 2 amide bonds. The second kappa shape index (κ2) is 7.59. The van der Waals surface area contributed by atoms with Gasteiger partial charge in [-0.1, -0.05) is 12.1 Å². The van der Waals surface area contributed by atoms with Crippen molar-refractivity contribution >= 4 is 23.2 Å². The fraction of sp³-hybridized carbons (Fsp3) is 0.435. The van der Waals surface area contributed by atoms with Gasteiger partial charge in [0.1, 0.15) is 5.41 Å². The molecule has 1 aliphatic carbocycles. The summed E-state index contributed by atoms with van der Waals surface area (Å²) in [5.74, 6) is 0.155. The van der Waals surface area contributed by atoms with Crippen LogP contribution >= 0.6 is 0 Å². The lowest BCUT2D eigenvalue weighted by molar-refractivity contribution is -0.136. The Morgan fingerprint density at radius 1 is 1.21 bits per heavy atom. The van der Waals surface area contributed by atoms with Crippen molar-refractivity contribution in [2.24, 2.45) is 11.3 Å². The van der Waals surface area contributed by atoms with Crippen molar-refractivity contribution < 1.29 is 9.59 Å². The number of hydrogen-bond donors (Lipinski definition) is 2. The van der Waals surface area contributed by atoms with E-state index in [2.05, 4.69) is 21.7 Å². The zero-order valence-corrected chi connectivity index (χ0v) is 17.3. The molecule has 2 aliphatic rings. The molecule has 2 heterocycles. The predicted molar refractivity (Wildman–Crippen MR) is 113 cm³/mol. The normalized spacial score (nSPS) is 18.2. The van der Waals surface area contributed by atoms with Crippen LogP contribution in [0.4, 0.5) is 11.4 Å². The third-order valence-electron chi connectivity index (χ3n) is 5.85. The summed E-state index contributed by atoms with van der Waals surface area (Å²) in [4.78, 5) is 32.0. The van der Waals surface area contributed by atoms with Crippen LogP contribution in [0.1, 0.15) is 43.5 Å². The van der Waals surface area contributed by atoms with Gasteiger partial charge in [-0.3, -0.25) is 14.6 Å². The monoisotopic (exact) mass is 392 g/mol. The number of aromatic nitrogens is 1. The molecule has 1 aliphatic heterocycles. The number of carbonyl (C=O) groups excluding carboxylic acids is 2. The molecule has 2 N–H and O–H groups in total. The average Bonchev–Trinajstić information content (AvgIpc) is 3.52. The summed E-state index contributed by atoms with van der Waals surface area (Å²) in [6.07, 6.45) is 4.09. The molecule has 2 aromatic rings. The van der Waals surface area contributed by atoms with Gasteiger partial charge in [0.15, 0.2) is 0 Å². The molecular weight excluding hydrogens is 364 g/mol. The number of rotatable bonds is 6. The van der Waals surface area contributed by atoms with E-state index < -0.39 is 5.41 Å². The zero-order chi connectivity index (χ0) is 20.6. The number of pyridine rings is 1. The van der Waals surface area contributed by atoms with Gasteiger partial charge in [0.05, 0.1) is 11.4 Å². The second-order valence-electron chi connectivity index (χ2n) is 8.64. The van der Waals surface area contributed by atoms with Crippen molar-refractivity contribution in [1.29, 1.82) is 0 Å². The van der Waals surface area contributed by atoms with Gasteiger partial charge < -0.3 is 15.5 Å². The lowest BCUT2D eigenvalue weighted by Gasteiger charge is -2.28. The third-order valence-corrected chi connectivity index (χ3v) is 5.85. The van der Waals surface area contributed by atoms with Gasteiger partial charge in [-0.25, -0.2) is 0 Å². The Labute approximate surface area is 171 Å². The minimum absolute atomic E-state index is 0.128. The molecule has 1 fully saturated rings. The van der Waals surface area contributed by atoms with E-state index in [-0.39, 0.29) is 11.8 Å². The molecule has 0 spiro atoms. The highest BCUT2D eigenvalue weighted by atomic mass is 16.2. The van der Waals surface area contributed by atoms with E-state index in [4.69, 9.17) is 0 Å². The summed E-state index contributed by atoms with van der Waals surface area (Å²) < 4.78 is 0. The molecule has 0 bridgehead atoms. The number of aryl methyl sites for hydroxylation is 1. The molecule has 0 atom stereocenters. The quantitative estimate of drug-likeness (QED) is 0.739. The maximum atomic E-state index is 13.2. The first-order valence-corrected chi connectivity index (χ1v) is 10.2. The van der Waals surface area contributed by atoms with Crippen LogP contribution in [-0.4, -0.2) is 23.3 Å². The fourth-order valence-electron chi connectivity index (χ4n) is 3.62. The fourth-order valence-corrected chi connectivity index (χ4v) is 3.62. The number of hydrogen-bond acceptors (Lipinski definition) is 4. The third kappa shape index (κ3) is 4.03. The number of nitrogens with zero attached hydrogens (tertiary/aromatic N) is 2. The van der Waals surface area contributed by atoms with E-state index in [1.807, 2.05) is 36.1 Å². The first-order chi connectivity index (χ1) is 13.9. The molecule has 0 saturated heterocycles. The lowest BCUT2D eigenvalue weighted by Crippen LogP contribution is -2.45. The topological polar surface area (TPSA) is 74.3 Å². The van der Waals surface area contributed by atoms with Crippen LogP contribution in [0.3, 0.4) is 0 Å². The van der Waals surface area contributed by atoms with E-state index in [1.165, 1.54) is 5.56 Å². The van der Waals surface area contributed by atoms with Gasteiger partial charge >= 0.3 is 0 Å². The molecule has 1 aromatic carbocycles. The number of benzene rings is 1. The molecule has 4 rings (SSSR count). The summed E-state index contributed by atoms with van der Waals surface area (Å²) in [6.45, 7) is 7.49. The Bertz CT molecular complexity index is 950. The van der Waals surface area contributed by atoms with Crippen molar-refractivity contribution in [3.05, 3.63) is 53.3 Å². The van der Waals surface area contributed by atoms with Crippen LogP contribution in [-0.2, 0) is 22.7 Å². The Morgan fingerprint density at radius 3 is 2.72 bits per heavy atom. The number of nitrogens with one attached hydrogen (secondary N) is 2. The van der Waals surface area contributed by atoms with Crippen LogP contribution in [0.2, 0.25) is 0 Å². The van der Waals surface area contributed by atoms with Crippen molar-refractivity contribution in [2.45, 2.75) is 46.7 Å². The largest absolute Gasteiger partial charge is 0.323 e. The van der Waals surface area contributed by atoms with Crippen molar-refractivity contribution in [2.75, 3.05) is 16.8 Å². The molecule has 0 unspecified atom stereocenters. The molecule has 0 radical (unpaired) electrons. The first-order valence-electron chi connectivity index (χ1n) is 10.2. The first kappa shape index (κ1) is 19.6. The van der Waals surface area contributed by atoms with Crippen LogP contribution in [0.25, 0.3) is 0 Å². The van der Waals surface area contributed by atoms with Crippen molar-refractivity contribution in [3.63, 3.8) is 0 Å². The Kier molecular flexibility index (Phi) is 5.13. The maximum Gasteiger partial charge on any atom is 0.242 e. The summed E-state index contributed by atoms with van der Waals surface area (Å²) in [5, 5.41) is 6.41. The lowest BCUT2D eigenvalue weighted by atomic mass is 9.90. The minimum Gasteiger partial charge on any atom is -0.323 e. The Balaban J connectivity index is 1.56. The average molecular weight is 393 g/mol. The number of anilines is 2. The molecular formula is C23H28N4O2. The number of fused-ring (bicyclic) bond motifs is 1. The summed E-state index contributed by atoms with van der Waals surface area (Å²) >= 11 is 0. The van der Waals surface area contributed by atoms with Gasteiger partial charge in [-0.2, -0.15) is 0 Å². The van der Waals surface area contributed by atoms with Crippen LogP contribution < -0.4 is 15.5 Å². The molecule has 152 valence electrons. The van der Waals surface area contributed by atoms with Crippen LogP contribution in [0.5, 0.6) is 0 Å². The van der Waals surface area contributed by atoms with E-state index >= 15 is 0 Å². The second-order valence-corrected chi connectivity index (χ2v) is 8.64. The summed E-state index contributed by atoms with van der Waals surface area (Å²) in [7, 11) is 0. The van der Waals surface area contributed by atoms with E-state index in [1.54, 1.807) is 20.0 Å². The van der Waals surface area contributed by atoms with Crippen molar-refractivity contribution in [1.82, 2.24) is 10.3 Å².